The Balaban J connectivity index is 3.64. The van der Waals surface area contributed by atoms with Crippen molar-refractivity contribution in [1.29, 1.82) is 0 Å². The van der Waals surface area contributed by atoms with E-state index in [9.17, 15) is 4.89 Å². The van der Waals surface area contributed by atoms with E-state index in [1.807, 2.05) is 13.8 Å². The molecule has 0 saturated heterocycles. The van der Waals surface area contributed by atoms with E-state index in [2.05, 4.69) is 6.92 Å². The van der Waals surface area contributed by atoms with Gasteiger partial charge in [-0.2, -0.15) is 0 Å². The van der Waals surface area contributed by atoms with Crippen LogP contribution in [0.2, 0.25) is 0 Å². The Morgan fingerprint density at radius 2 is 2.17 bits per heavy atom. The van der Waals surface area contributed by atoms with Crippen LogP contribution in [0.1, 0.15) is 33.6 Å². The fourth-order valence-corrected chi connectivity index (χ4v) is 4.83. The fraction of sp³-hybridized carbons (Fsp3) is 1.00. The minimum Gasteiger partial charge on any atom is -0.337 e. The summed E-state index contributed by atoms with van der Waals surface area (Å²) in [4.78, 5) is 9.58. The monoisotopic (exact) mass is 228 g/mol. The smallest absolute Gasteiger partial charge is 0.244 e. The van der Waals surface area contributed by atoms with E-state index in [4.69, 9.17) is 16.3 Å². The Labute approximate surface area is 84.0 Å². The summed E-state index contributed by atoms with van der Waals surface area (Å²) in [6, 6.07) is 0. The van der Waals surface area contributed by atoms with Crippen LogP contribution in [-0.2, 0) is 16.3 Å². The lowest BCUT2D eigenvalue weighted by Crippen LogP contribution is -1.98. The van der Waals surface area contributed by atoms with Crippen LogP contribution in [0.15, 0.2) is 0 Å². The van der Waals surface area contributed by atoms with E-state index < -0.39 is 5.69 Å². The van der Waals surface area contributed by atoms with Gasteiger partial charge in [-0.3, -0.25) is 0 Å². The van der Waals surface area contributed by atoms with Crippen molar-refractivity contribution in [2.45, 2.75) is 39.7 Å². The van der Waals surface area contributed by atoms with Gasteiger partial charge < -0.3 is 9.42 Å². The molecule has 1 atom stereocenters. The van der Waals surface area contributed by atoms with Crippen LogP contribution >= 0.6 is 17.1 Å². The van der Waals surface area contributed by atoms with Gasteiger partial charge in [0.2, 0.25) is 5.69 Å². The molecule has 0 aliphatic carbocycles. The molecule has 12 heavy (non-hydrogen) atoms. The van der Waals surface area contributed by atoms with Gasteiger partial charge in [0, 0.05) is 5.75 Å². The number of hydrogen-bond donors (Lipinski definition) is 1. The normalized spacial score (nSPS) is 16.4. The second kappa shape index (κ2) is 6.39. The average molecular weight is 228 g/mol. The topological polar surface area (TPSA) is 29.5 Å². The molecule has 0 aliphatic rings. The highest BCUT2D eigenvalue weighted by Crippen LogP contribution is 2.57. The number of rotatable bonds is 6. The molecular weight excluding hydrogens is 211 g/mol. The lowest BCUT2D eigenvalue weighted by Gasteiger charge is -2.17. The summed E-state index contributed by atoms with van der Waals surface area (Å²) in [7, 11) is 0. The van der Waals surface area contributed by atoms with Gasteiger partial charge in [0.05, 0.1) is 6.10 Å². The van der Waals surface area contributed by atoms with Gasteiger partial charge in [0.1, 0.15) is 0 Å². The van der Waals surface area contributed by atoms with Crippen molar-refractivity contribution >= 4 is 28.9 Å². The molecule has 0 fully saturated rings. The first kappa shape index (κ1) is 12.9. The Morgan fingerprint density at radius 1 is 1.58 bits per heavy atom. The van der Waals surface area contributed by atoms with Gasteiger partial charge in [-0.05, 0) is 32.1 Å². The van der Waals surface area contributed by atoms with E-state index in [0.717, 1.165) is 18.6 Å². The zero-order chi connectivity index (χ0) is 9.61. The van der Waals surface area contributed by atoms with Crippen molar-refractivity contribution in [2.24, 2.45) is 0 Å². The molecule has 5 heteroatoms. The highest BCUT2D eigenvalue weighted by molar-refractivity contribution is 8.67. The molecular formula is C7H17O2PS2. The molecule has 0 aliphatic heterocycles. The van der Waals surface area contributed by atoms with Gasteiger partial charge in [0.25, 0.3) is 0 Å². The first-order valence-electron chi connectivity index (χ1n) is 4.13. The largest absolute Gasteiger partial charge is 0.337 e. The third-order valence-corrected chi connectivity index (χ3v) is 5.57. The van der Waals surface area contributed by atoms with Gasteiger partial charge >= 0.3 is 0 Å². The van der Waals surface area contributed by atoms with Crippen molar-refractivity contribution in [3.63, 3.8) is 0 Å². The van der Waals surface area contributed by atoms with Crippen LogP contribution in [-0.4, -0.2) is 16.8 Å². The standard InChI is InChI=1S/C7H17O2PS2/c1-4-5-6-12-10(8,11)9-7(2)3/h7H,4-6H2,1-3H3,(H,8,11). The van der Waals surface area contributed by atoms with Crippen LogP contribution in [0.25, 0.3) is 0 Å². The average Bonchev–Trinajstić information content (AvgIpc) is 1.84. The maximum atomic E-state index is 9.58. The highest BCUT2D eigenvalue weighted by atomic mass is 32.9. The third kappa shape index (κ3) is 7.56. The summed E-state index contributed by atoms with van der Waals surface area (Å²) in [5.41, 5.74) is -2.53. The zero-order valence-corrected chi connectivity index (χ0v) is 10.3. The Bertz CT molecular complexity index is 161. The molecule has 1 unspecified atom stereocenters. The van der Waals surface area contributed by atoms with Crippen molar-refractivity contribution in [3.05, 3.63) is 0 Å². The van der Waals surface area contributed by atoms with Crippen molar-refractivity contribution < 1.29 is 9.42 Å². The van der Waals surface area contributed by atoms with Crippen LogP contribution in [0, 0.1) is 0 Å². The van der Waals surface area contributed by atoms with E-state index in [0.29, 0.717) is 0 Å². The summed E-state index contributed by atoms with van der Waals surface area (Å²) in [5.74, 6) is 0.900. The van der Waals surface area contributed by atoms with Crippen LogP contribution in [0.4, 0.5) is 0 Å². The minimum absolute atomic E-state index is 0.0231. The first-order valence-corrected chi connectivity index (χ1v) is 8.40. The first-order chi connectivity index (χ1) is 5.48. The van der Waals surface area contributed by atoms with Crippen LogP contribution in [0.5, 0.6) is 0 Å². The molecule has 0 aromatic heterocycles. The molecule has 2 nitrogen and oxygen atoms in total. The molecule has 0 aromatic carbocycles. The Hall–Kier alpha value is 0.920. The summed E-state index contributed by atoms with van der Waals surface area (Å²) >= 11 is 6.33. The van der Waals surface area contributed by atoms with Gasteiger partial charge in [-0.25, -0.2) is 0 Å². The molecule has 0 heterocycles. The van der Waals surface area contributed by atoms with E-state index in [1.165, 1.54) is 11.4 Å². The van der Waals surface area contributed by atoms with E-state index in [1.54, 1.807) is 0 Å². The number of hydrogen-bond acceptors (Lipinski definition) is 3. The van der Waals surface area contributed by atoms with Crippen LogP contribution < -0.4 is 0 Å². The molecule has 0 spiro atoms. The zero-order valence-electron chi connectivity index (χ0n) is 7.82. The van der Waals surface area contributed by atoms with Gasteiger partial charge in [-0.1, -0.05) is 24.7 Å². The van der Waals surface area contributed by atoms with E-state index in [-0.39, 0.29) is 6.10 Å². The minimum atomic E-state index is -2.53. The molecule has 0 aromatic rings. The molecule has 0 radical (unpaired) electrons. The summed E-state index contributed by atoms with van der Waals surface area (Å²) in [6.07, 6.45) is 2.24. The molecule has 0 bridgehead atoms. The predicted octanol–water partition coefficient (Wildman–Crippen LogP) is 3.16. The molecule has 0 amide bonds. The molecule has 74 valence electrons. The molecule has 0 rings (SSSR count). The number of unbranched alkanes of at least 4 members (excludes halogenated alkanes) is 1. The fourth-order valence-electron chi connectivity index (χ4n) is 0.621. The lowest BCUT2D eigenvalue weighted by molar-refractivity contribution is 0.248. The third-order valence-electron chi connectivity index (χ3n) is 1.10. The summed E-state index contributed by atoms with van der Waals surface area (Å²) in [5, 5.41) is 0. The SMILES string of the molecule is CCCCSP(O)(=S)OC(C)C. The van der Waals surface area contributed by atoms with Crippen molar-refractivity contribution in [3.8, 4) is 0 Å². The highest BCUT2D eigenvalue weighted by Gasteiger charge is 2.15. The van der Waals surface area contributed by atoms with Crippen LogP contribution in [0.3, 0.4) is 0 Å². The van der Waals surface area contributed by atoms with Crippen molar-refractivity contribution in [1.82, 2.24) is 0 Å². The summed E-state index contributed by atoms with van der Waals surface area (Å²) in [6.45, 7) is 5.89. The second-order valence-corrected chi connectivity index (χ2v) is 9.06. The maximum Gasteiger partial charge on any atom is 0.244 e. The lowest BCUT2D eigenvalue weighted by atomic mass is 10.4. The van der Waals surface area contributed by atoms with Gasteiger partial charge in [0.15, 0.2) is 0 Å². The Morgan fingerprint density at radius 3 is 2.58 bits per heavy atom. The molecule has 0 saturated carbocycles. The quantitative estimate of drug-likeness (QED) is 0.558. The Kier molecular flexibility index (Phi) is 6.87. The maximum absolute atomic E-state index is 9.58. The van der Waals surface area contributed by atoms with Crippen molar-refractivity contribution in [2.75, 3.05) is 5.75 Å². The molecule has 1 N–H and O–H groups in total. The van der Waals surface area contributed by atoms with E-state index >= 15 is 0 Å². The predicted molar refractivity (Wildman–Crippen MR) is 60.1 cm³/mol. The second-order valence-electron chi connectivity index (χ2n) is 2.81. The van der Waals surface area contributed by atoms with Gasteiger partial charge in [-0.15, -0.1) is 0 Å². The summed E-state index contributed by atoms with van der Waals surface area (Å²) < 4.78 is 5.23.